The third-order valence-electron chi connectivity index (χ3n) is 9.98. The van der Waals surface area contributed by atoms with E-state index >= 15 is 0 Å². The number of esters is 1. The summed E-state index contributed by atoms with van der Waals surface area (Å²) in [4.78, 5) is 83.6. The highest BCUT2D eigenvalue weighted by molar-refractivity contribution is 7.90. The second kappa shape index (κ2) is 28.8. The average Bonchev–Trinajstić information content (AvgIpc) is 3.75. The molecule has 6 aromatic rings. The van der Waals surface area contributed by atoms with E-state index in [9.17, 15) is 67.2 Å². The number of benzene rings is 2. The fourth-order valence-electron chi connectivity index (χ4n) is 6.40. The van der Waals surface area contributed by atoms with Gasteiger partial charge in [-0.1, -0.05) is 29.8 Å². The number of rotatable bonds is 18. The molecule has 4 aromatic heterocycles. The number of anilines is 2. The summed E-state index contributed by atoms with van der Waals surface area (Å²) in [7, 11) is -1.99. The lowest BCUT2D eigenvalue weighted by Crippen LogP contribution is -2.36. The van der Waals surface area contributed by atoms with E-state index in [0.717, 1.165) is 18.2 Å². The van der Waals surface area contributed by atoms with Crippen LogP contribution in [0.5, 0.6) is 17.8 Å². The van der Waals surface area contributed by atoms with Crippen LogP contribution >= 0.6 is 23.2 Å². The van der Waals surface area contributed by atoms with E-state index in [0.29, 0.717) is 4.68 Å². The largest absolute Gasteiger partial charge is 0.481 e. The molecule has 82 heavy (non-hydrogen) atoms. The lowest BCUT2D eigenvalue weighted by molar-refractivity contribution is -0.142. The van der Waals surface area contributed by atoms with Gasteiger partial charge in [0.2, 0.25) is 23.7 Å². The van der Waals surface area contributed by atoms with Crippen LogP contribution in [0.15, 0.2) is 75.5 Å². The smallest absolute Gasteiger partial charge is 0.389 e. The van der Waals surface area contributed by atoms with Crippen molar-refractivity contribution in [1.29, 1.82) is 0 Å². The maximum atomic E-state index is 14.2. The van der Waals surface area contributed by atoms with Gasteiger partial charge in [-0.05, 0) is 68.7 Å². The highest BCUT2D eigenvalue weighted by Gasteiger charge is 2.30. The molecule has 6 rings (SSSR count). The van der Waals surface area contributed by atoms with Crippen molar-refractivity contribution in [3.63, 3.8) is 0 Å². The molecular weight excluding hydrogens is 1190 g/mol. The predicted octanol–water partition coefficient (Wildman–Crippen LogP) is 5.54. The van der Waals surface area contributed by atoms with Gasteiger partial charge in [0.25, 0.3) is 26.0 Å². The SMILES string of the molecule is CCOC(=O)C(Cl)Cc1cc(-n2nc(C)n(C(F)F)c2=O)c(F)cc1Cl.COc1cc(OC)nc(NC(=O)NS(=O)(=O)c2ncccc2C(=O)N(C)C)n1.COc1nc(C)nc(NC(=O)NS(=O)(=O)c2ccccc2CCC(F)(F)F)n1. The van der Waals surface area contributed by atoms with E-state index in [1.165, 1.54) is 96.8 Å². The summed E-state index contributed by atoms with van der Waals surface area (Å²) in [5, 5.41) is 6.19. The number of hydrogen-bond acceptors (Lipinski definition) is 20. The van der Waals surface area contributed by atoms with Gasteiger partial charge in [0.05, 0.1) is 44.5 Å². The molecule has 0 aliphatic rings. The van der Waals surface area contributed by atoms with Gasteiger partial charge in [0, 0.05) is 38.2 Å². The van der Waals surface area contributed by atoms with Crippen molar-refractivity contribution in [2.24, 2.45) is 0 Å². The van der Waals surface area contributed by atoms with Crippen LogP contribution in [-0.2, 0) is 42.4 Å². The number of nitrogens with zero attached hydrogens (tertiary/aromatic N) is 10. The topological polar surface area (TPSA) is 342 Å². The molecule has 5 amide bonds. The second-order valence-corrected chi connectivity index (χ2v) is 20.3. The van der Waals surface area contributed by atoms with Crippen LogP contribution in [0.3, 0.4) is 0 Å². The van der Waals surface area contributed by atoms with E-state index in [2.05, 4.69) is 45.6 Å². The first-order valence-electron chi connectivity index (χ1n) is 22.8. The fourth-order valence-corrected chi connectivity index (χ4v) is 9.07. The number of methoxy groups -OCH3 is 3. The number of carbonyl (C=O) groups excluding carboxylic acids is 4. The van der Waals surface area contributed by atoms with E-state index in [-0.39, 0.29) is 86.3 Å². The van der Waals surface area contributed by atoms with E-state index in [1.54, 1.807) is 16.4 Å². The van der Waals surface area contributed by atoms with Crippen LogP contribution in [0.2, 0.25) is 5.02 Å². The highest BCUT2D eigenvalue weighted by atomic mass is 35.5. The quantitative estimate of drug-likeness (QED) is 0.0466. The Labute approximate surface area is 471 Å². The monoisotopic (exact) mass is 1240 g/mol. The summed E-state index contributed by atoms with van der Waals surface area (Å²) in [5.41, 5.74) is -1.63. The molecule has 27 nitrogen and oxygen atoms in total. The average molecular weight is 1240 g/mol. The van der Waals surface area contributed by atoms with Gasteiger partial charge in [-0.2, -0.15) is 60.0 Å². The number of amides is 5. The number of pyridine rings is 1. The van der Waals surface area contributed by atoms with Crippen molar-refractivity contribution >= 4 is 79.1 Å². The van der Waals surface area contributed by atoms with E-state index < -0.39 is 96.4 Å². The van der Waals surface area contributed by atoms with Gasteiger partial charge >= 0.3 is 42.5 Å². The van der Waals surface area contributed by atoms with Gasteiger partial charge < -0.3 is 23.8 Å². The maximum Gasteiger partial charge on any atom is 0.389 e. The van der Waals surface area contributed by atoms with Crippen molar-refractivity contribution in [1.82, 2.24) is 58.6 Å². The van der Waals surface area contributed by atoms with Crippen LogP contribution in [0, 0.1) is 19.7 Å². The molecule has 0 saturated carbocycles. The van der Waals surface area contributed by atoms with Gasteiger partial charge in [-0.15, -0.1) is 16.7 Å². The maximum absolute atomic E-state index is 14.2. The zero-order valence-corrected chi connectivity index (χ0v) is 47.0. The van der Waals surface area contributed by atoms with Crippen LogP contribution in [0.1, 0.15) is 53.0 Å². The Kier molecular flexibility index (Phi) is 23.2. The molecule has 0 spiro atoms. The Morgan fingerprint density at radius 2 is 1.40 bits per heavy atom. The van der Waals surface area contributed by atoms with Gasteiger partial charge in [-0.25, -0.2) is 46.2 Å². The Hall–Kier alpha value is -8.44. The molecule has 0 aliphatic carbocycles. The highest BCUT2D eigenvalue weighted by Crippen LogP contribution is 2.27. The number of alkyl halides is 6. The molecule has 1 unspecified atom stereocenters. The van der Waals surface area contributed by atoms with Gasteiger partial charge in [0.1, 0.15) is 22.7 Å². The molecular formula is C45H48Cl2F6N14O13S2. The minimum atomic E-state index is -4.46. The molecule has 0 fully saturated rings. The Morgan fingerprint density at radius 1 is 0.805 bits per heavy atom. The molecule has 0 saturated heterocycles. The van der Waals surface area contributed by atoms with Crippen molar-refractivity contribution in [2.45, 2.75) is 68.1 Å². The van der Waals surface area contributed by atoms with Gasteiger partial charge in [0.15, 0.2) is 10.8 Å². The first-order chi connectivity index (χ1) is 38.3. The summed E-state index contributed by atoms with van der Waals surface area (Å²) in [5.74, 6) is -2.63. The van der Waals surface area contributed by atoms with Crippen LogP contribution in [0.25, 0.3) is 5.69 Å². The molecule has 4 N–H and O–H groups in total. The fraction of sp³-hybridized carbons (Fsp3) is 0.333. The van der Waals surface area contributed by atoms with E-state index in [4.69, 9.17) is 42.1 Å². The number of carbonyl (C=O) groups is 4. The molecule has 0 radical (unpaired) electrons. The number of aryl methyl sites for hydroxylation is 3. The van der Waals surface area contributed by atoms with Crippen molar-refractivity contribution in [2.75, 3.05) is 52.7 Å². The molecule has 37 heteroatoms. The zero-order valence-electron chi connectivity index (χ0n) is 43.9. The summed E-state index contributed by atoms with van der Waals surface area (Å²) < 4.78 is 151. The number of nitrogens with one attached hydrogen (secondary N) is 4. The Balaban J connectivity index is 0.000000265. The number of hydrogen-bond donors (Lipinski definition) is 4. The number of halogens is 8. The minimum absolute atomic E-state index is 0.0424. The third-order valence-corrected chi connectivity index (χ3v) is 13.4. The lowest BCUT2D eigenvalue weighted by Gasteiger charge is -2.14. The van der Waals surface area contributed by atoms with Gasteiger partial charge in [-0.3, -0.25) is 20.2 Å². The Bertz CT molecular complexity index is 3560. The molecule has 0 bridgehead atoms. The number of aromatic nitrogens is 9. The first kappa shape index (κ1) is 66.1. The predicted molar refractivity (Wildman–Crippen MR) is 277 cm³/mol. The zero-order chi connectivity index (χ0) is 61.4. The standard InChI is InChI=1S/C15H14Cl2F3N3O3.C15H16F3N5O4S.C15H18N6O6S/c1-3-26-13(24)10(17)4-8-5-12(11(18)6-9(8)16)23-15(25)22(14(19)20)7(2)21-23;1-9-19-12(22-14(20-9)27-2)21-13(24)23-28(25,26)11-6-4-3-5-10(11)7-8-15(16,17)18;1-21(2)13(22)9-6-5-7-16-12(9)28(24,25)20-15(23)19-14-17-10(26-3)8-11(18-14)27-4/h5-6,10,14H,3-4H2,1-2H3;3-6H,7-8H2,1-2H3,(H2,19,20,21,22,23,24);5-8H,1-4H3,(H2,17,18,19,20,23). The van der Waals surface area contributed by atoms with Crippen LogP contribution < -0.4 is 40.0 Å². The normalized spacial score (nSPS) is 11.6. The third kappa shape index (κ3) is 18.6. The molecule has 2 aromatic carbocycles. The molecule has 4 heterocycles. The molecule has 1 atom stereocenters. The minimum Gasteiger partial charge on any atom is -0.481 e. The van der Waals surface area contributed by atoms with Crippen molar-refractivity contribution in [3.05, 3.63) is 110 Å². The van der Waals surface area contributed by atoms with Crippen molar-refractivity contribution < 1.29 is 81.3 Å². The number of sulfonamides is 2. The van der Waals surface area contributed by atoms with Crippen LogP contribution in [-0.4, -0.2) is 144 Å². The van der Waals surface area contributed by atoms with Crippen LogP contribution in [0.4, 0.5) is 47.8 Å². The summed E-state index contributed by atoms with van der Waals surface area (Å²) >= 11 is 11.9. The lowest BCUT2D eigenvalue weighted by atomic mass is 10.1. The number of ether oxygens (including phenoxy) is 4. The molecule has 444 valence electrons. The van der Waals surface area contributed by atoms with E-state index in [1.807, 2.05) is 0 Å². The first-order valence-corrected chi connectivity index (χ1v) is 26.6. The van der Waals surface area contributed by atoms with Crippen molar-refractivity contribution in [3.8, 4) is 23.5 Å². The summed E-state index contributed by atoms with van der Waals surface area (Å²) in [6, 6.07) is 8.74. The summed E-state index contributed by atoms with van der Waals surface area (Å²) in [6.45, 7) is 1.31. The Morgan fingerprint density at radius 3 is 1.95 bits per heavy atom. The second-order valence-electron chi connectivity index (χ2n) is 16.1. The number of urea groups is 2. The molecule has 0 aliphatic heterocycles. The summed E-state index contributed by atoms with van der Waals surface area (Å²) in [6.07, 6.45) is -5.12.